The van der Waals surface area contributed by atoms with E-state index in [0.29, 0.717) is 17.4 Å². The summed E-state index contributed by atoms with van der Waals surface area (Å²) in [6.07, 6.45) is 3.08. The summed E-state index contributed by atoms with van der Waals surface area (Å²) in [5.41, 5.74) is 0.713. The van der Waals surface area contributed by atoms with Gasteiger partial charge in [-0.15, -0.1) is 0 Å². The third kappa shape index (κ3) is 1.85. The molecule has 0 radical (unpaired) electrons. The number of aryl methyl sites for hydroxylation is 1. The van der Waals surface area contributed by atoms with Gasteiger partial charge in [0.25, 0.3) is 0 Å². The molecule has 1 atom stereocenters. The highest BCUT2D eigenvalue weighted by molar-refractivity contribution is 7.99. The van der Waals surface area contributed by atoms with E-state index in [0.717, 1.165) is 24.4 Å². The van der Waals surface area contributed by atoms with Crippen LogP contribution < -0.4 is 0 Å². The third-order valence-electron chi connectivity index (χ3n) is 2.47. The van der Waals surface area contributed by atoms with E-state index in [1.807, 2.05) is 18.7 Å². The molecule has 1 aromatic rings. The van der Waals surface area contributed by atoms with Crippen LogP contribution in [0.15, 0.2) is 4.42 Å². The Morgan fingerprint density at radius 1 is 1.64 bits per heavy atom. The van der Waals surface area contributed by atoms with Gasteiger partial charge < -0.3 is 4.42 Å². The van der Waals surface area contributed by atoms with Gasteiger partial charge in [-0.2, -0.15) is 11.8 Å². The summed E-state index contributed by atoms with van der Waals surface area (Å²) < 4.78 is 5.41. The number of oxazole rings is 1. The fourth-order valence-electron chi connectivity index (χ4n) is 1.65. The van der Waals surface area contributed by atoms with E-state index in [-0.39, 0.29) is 0 Å². The molecule has 76 valence electrons. The Kier molecular flexibility index (Phi) is 2.91. The predicted octanol–water partition coefficient (Wildman–Crippen LogP) is 2.41. The van der Waals surface area contributed by atoms with Crippen LogP contribution in [0.1, 0.15) is 40.9 Å². The molecule has 1 saturated heterocycles. The van der Waals surface area contributed by atoms with Crippen molar-refractivity contribution in [3.63, 3.8) is 0 Å². The summed E-state index contributed by atoms with van der Waals surface area (Å²) in [6, 6.07) is 0. The van der Waals surface area contributed by atoms with Crippen LogP contribution in [-0.4, -0.2) is 22.8 Å². The van der Waals surface area contributed by atoms with Gasteiger partial charge >= 0.3 is 0 Å². The minimum Gasteiger partial charge on any atom is -0.437 e. The lowest BCUT2D eigenvalue weighted by Crippen LogP contribution is -2.08. The Morgan fingerprint density at radius 2 is 2.50 bits per heavy atom. The summed E-state index contributed by atoms with van der Waals surface area (Å²) in [5.74, 6) is 3.84. The second kappa shape index (κ2) is 4.17. The minimum atomic E-state index is 0.385. The highest BCUT2D eigenvalue weighted by Crippen LogP contribution is 2.31. The first-order valence-corrected chi connectivity index (χ1v) is 5.97. The van der Waals surface area contributed by atoms with Crippen LogP contribution in [0.5, 0.6) is 0 Å². The molecule has 0 amide bonds. The summed E-state index contributed by atoms with van der Waals surface area (Å²) in [7, 11) is 0. The number of hydrogen-bond donors (Lipinski definition) is 0. The highest BCUT2D eigenvalue weighted by Gasteiger charge is 2.21. The molecule has 2 rings (SSSR count). The summed E-state index contributed by atoms with van der Waals surface area (Å²) in [5, 5.41) is 0. The van der Waals surface area contributed by atoms with Gasteiger partial charge in [0.1, 0.15) is 0 Å². The van der Waals surface area contributed by atoms with Gasteiger partial charge in [-0.05, 0) is 25.5 Å². The van der Waals surface area contributed by atoms with Gasteiger partial charge in [-0.1, -0.05) is 0 Å². The van der Waals surface area contributed by atoms with Crippen molar-refractivity contribution >= 4 is 18.0 Å². The van der Waals surface area contributed by atoms with Crippen molar-refractivity contribution in [1.82, 2.24) is 4.98 Å². The van der Waals surface area contributed by atoms with Gasteiger partial charge in [-0.25, -0.2) is 4.98 Å². The second-order valence-corrected chi connectivity index (χ2v) is 4.68. The molecular weight excluding hydrogens is 198 g/mol. The fourth-order valence-corrected chi connectivity index (χ4v) is 2.78. The van der Waals surface area contributed by atoms with E-state index in [1.54, 1.807) is 0 Å². The SMILES string of the molecule is Cc1nc(C2CCCSC2)oc1C=O. The van der Waals surface area contributed by atoms with Crippen LogP contribution in [0.25, 0.3) is 0 Å². The maximum atomic E-state index is 10.6. The zero-order chi connectivity index (χ0) is 9.97. The van der Waals surface area contributed by atoms with E-state index in [4.69, 9.17) is 4.42 Å². The monoisotopic (exact) mass is 211 g/mol. The first-order chi connectivity index (χ1) is 6.81. The molecular formula is C10H13NO2S. The molecule has 4 heteroatoms. The molecule has 0 bridgehead atoms. The van der Waals surface area contributed by atoms with Crippen molar-refractivity contribution in [2.75, 3.05) is 11.5 Å². The van der Waals surface area contributed by atoms with Gasteiger partial charge in [0.2, 0.25) is 0 Å². The number of hydrogen-bond acceptors (Lipinski definition) is 4. The molecule has 1 fully saturated rings. The lowest BCUT2D eigenvalue weighted by Gasteiger charge is -2.17. The Labute approximate surface area is 87.3 Å². The van der Waals surface area contributed by atoms with Gasteiger partial charge in [0.15, 0.2) is 17.9 Å². The number of nitrogens with zero attached hydrogens (tertiary/aromatic N) is 1. The number of carbonyl (C=O) groups excluding carboxylic acids is 1. The van der Waals surface area contributed by atoms with Crippen molar-refractivity contribution in [3.05, 3.63) is 17.3 Å². The topological polar surface area (TPSA) is 43.1 Å². The molecule has 3 nitrogen and oxygen atoms in total. The first-order valence-electron chi connectivity index (χ1n) is 4.81. The highest BCUT2D eigenvalue weighted by atomic mass is 32.2. The molecule has 0 saturated carbocycles. The lowest BCUT2D eigenvalue weighted by molar-refractivity contribution is 0.109. The number of thioether (sulfide) groups is 1. The average Bonchev–Trinajstić information content (AvgIpc) is 2.61. The van der Waals surface area contributed by atoms with Crippen molar-refractivity contribution < 1.29 is 9.21 Å². The number of carbonyl (C=O) groups is 1. The maximum absolute atomic E-state index is 10.6. The molecule has 1 aliphatic rings. The largest absolute Gasteiger partial charge is 0.437 e. The van der Waals surface area contributed by atoms with Gasteiger partial charge in [-0.3, -0.25) is 4.79 Å². The molecule has 14 heavy (non-hydrogen) atoms. The molecule has 1 unspecified atom stereocenters. The normalized spacial score (nSPS) is 22.2. The van der Waals surface area contributed by atoms with Crippen LogP contribution in [0.3, 0.4) is 0 Å². The van der Waals surface area contributed by atoms with Crippen molar-refractivity contribution in [2.45, 2.75) is 25.7 Å². The Bertz CT molecular complexity index is 329. The van der Waals surface area contributed by atoms with Crippen molar-refractivity contribution in [2.24, 2.45) is 0 Å². The standard InChI is InChI=1S/C10H13NO2S/c1-7-9(5-12)13-10(11-7)8-3-2-4-14-6-8/h5,8H,2-4,6H2,1H3. The van der Waals surface area contributed by atoms with Crippen molar-refractivity contribution in [1.29, 1.82) is 0 Å². The summed E-state index contributed by atoms with van der Waals surface area (Å²) in [4.78, 5) is 14.9. The summed E-state index contributed by atoms with van der Waals surface area (Å²) >= 11 is 1.93. The van der Waals surface area contributed by atoms with Crippen LogP contribution >= 0.6 is 11.8 Å². The molecule has 1 aliphatic heterocycles. The zero-order valence-corrected chi connectivity index (χ0v) is 8.97. The Balaban J connectivity index is 2.18. The predicted molar refractivity (Wildman–Crippen MR) is 55.9 cm³/mol. The number of aromatic nitrogens is 1. The van der Waals surface area contributed by atoms with Crippen LogP contribution in [0.4, 0.5) is 0 Å². The van der Waals surface area contributed by atoms with E-state index in [1.165, 1.54) is 12.2 Å². The second-order valence-electron chi connectivity index (χ2n) is 3.53. The Morgan fingerprint density at radius 3 is 3.07 bits per heavy atom. The van der Waals surface area contributed by atoms with E-state index < -0.39 is 0 Å². The lowest BCUT2D eigenvalue weighted by atomic mass is 10.1. The fraction of sp³-hybridized carbons (Fsp3) is 0.600. The number of aldehydes is 1. The Hall–Kier alpha value is -0.770. The van der Waals surface area contributed by atoms with Crippen molar-refractivity contribution in [3.8, 4) is 0 Å². The molecule has 0 spiro atoms. The van der Waals surface area contributed by atoms with Gasteiger partial charge in [0, 0.05) is 11.7 Å². The van der Waals surface area contributed by atoms with E-state index in [2.05, 4.69) is 4.98 Å². The average molecular weight is 211 g/mol. The number of rotatable bonds is 2. The molecule has 0 N–H and O–H groups in total. The molecule has 2 heterocycles. The smallest absolute Gasteiger partial charge is 0.199 e. The van der Waals surface area contributed by atoms with Crippen LogP contribution in [-0.2, 0) is 0 Å². The molecule has 0 aliphatic carbocycles. The van der Waals surface area contributed by atoms with E-state index in [9.17, 15) is 4.79 Å². The zero-order valence-electron chi connectivity index (χ0n) is 8.16. The van der Waals surface area contributed by atoms with Crippen LogP contribution in [0, 0.1) is 6.92 Å². The molecule has 1 aromatic heterocycles. The maximum Gasteiger partial charge on any atom is 0.199 e. The minimum absolute atomic E-state index is 0.385. The van der Waals surface area contributed by atoms with Gasteiger partial charge in [0.05, 0.1) is 5.69 Å². The summed E-state index contributed by atoms with van der Waals surface area (Å²) in [6.45, 7) is 1.81. The van der Waals surface area contributed by atoms with E-state index >= 15 is 0 Å². The first kappa shape index (κ1) is 9.77. The third-order valence-corrected chi connectivity index (χ3v) is 3.68. The van der Waals surface area contributed by atoms with Crippen LogP contribution in [0.2, 0.25) is 0 Å². The quantitative estimate of drug-likeness (QED) is 0.704. The molecule has 0 aromatic carbocycles.